The Bertz CT molecular complexity index is 992. The number of amides is 1. The molecular weight excluding hydrogens is 416 g/mol. The molecule has 3 aromatic heterocycles. The maximum atomic E-state index is 12.1. The van der Waals surface area contributed by atoms with Crippen LogP contribution in [0.25, 0.3) is 10.2 Å². The summed E-state index contributed by atoms with van der Waals surface area (Å²) in [6, 6.07) is 12.3. The number of hydrogen-bond donors (Lipinski definition) is 1. The van der Waals surface area contributed by atoms with Gasteiger partial charge in [0.15, 0.2) is 4.34 Å². The lowest BCUT2D eigenvalue weighted by Gasteiger charge is -1.99. The molecule has 0 aliphatic heterocycles. The zero-order chi connectivity index (χ0) is 18.5. The Morgan fingerprint density at radius 2 is 2.04 bits per heavy atom. The number of thiophene rings is 1. The molecule has 4 rings (SSSR count). The zero-order valence-corrected chi connectivity index (χ0v) is 17.5. The molecule has 0 aliphatic rings. The van der Waals surface area contributed by atoms with E-state index in [-0.39, 0.29) is 5.91 Å². The number of anilines is 1. The number of para-hydroxylation sites is 1. The van der Waals surface area contributed by atoms with Gasteiger partial charge in [-0.25, -0.2) is 4.98 Å². The van der Waals surface area contributed by atoms with Crippen LogP contribution < -0.4 is 5.32 Å². The monoisotopic (exact) mass is 432 g/mol. The van der Waals surface area contributed by atoms with Crippen LogP contribution >= 0.6 is 45.8 Å². The van der Waals surface area contributed by atoms with Gasteiger partial charge in [-0.3, -0.25) is 4.79 Å². The summed E-state index contributed by atoms with van der Waals surface area (Å²) in [7, 11) is 0. The second kappa shape index (κ2) is 8.92. The summed E-state index contributed by atoms with van der Waals surface area (Å²) in [5.41, 5.74) is 1.03. The van der Waals surface area contributed by atoms with Crippen molar-refractivity contribution >= 4 is 67.0 Å². The van der Waals surface area contributed by atoms with Gasteiger partial charge in [-0.15, -0.1) is 32.9 Å². The van der Waals surface area contributed by atoms with Crippen LogP contribution in [0.4, 0.5) is 5.13 Å². The number of aryl methyl sites for hydroxylation is 1. The average Bonchev–Trinajstić information content (AvgIpc) is 3.40. The second-order valence-electron chi connectivity index (χ2n) is 5.72. The average molecular weight is 433 g/mol. The van der Waals surface area contributed by atoms with E-state index in [9.17, 15) is 4.79 Å². The highest BCUT2D eigenvalue weighted by atomic mass is 32.2. The van der Waals surface area contributed by atoms with Crippen LogP contribution in [0.5, 0.6) is 0 Å². The minimum absolute atomic E-state index is 0.0259. The van der Waals surface area contributed by atoms with Crippen LogP contribution in [0.3, 0.4) is 0 Å². The fourth-order valence-electron chi connectivity index (χ4n) is 2.45. The first-order valence-electron chi connectivity index (χ1n) is 8.39. The van der Waals surface area contributed by atoms with Crippen LogP contribution in [0, 0.1) is 0 Å². The van der Waals surface area contributed by atoms with Gasteiger partial charge < -0.3 is 5.32 Å². The van der Waals surface area contributed by atoms with Crippen molar-refractivity contribution in [1.29, 1.82) is 0 Å². The molecule has 0 fully saturated rings. The summed E-state index contributed by atoms with van der Waals surface area (Å²) >= 11 is 6.48. The summed E-state index contributed by atoms with van der Waals surface area (Å²) in [4.78, 5) is 18.0. The highest BCUT2D eigenvalue weighted by Crippen LogP contribution is 2.29. The molecule has 1 aromatic carbocycles. The van der Waals surface area contributed by atoms with Crippen molar-refractivity contribution in [2.45, 2.75) is 29.4 Å². The lowest BCUT2D eigenvalue weighted by Crippen LogP contribution is -2.11. The van der Waals surface area contributed by atoms with Gasteiger partial charge in [-0.1, -0.05) is 41.3 Å². The molecule has 0 saturated heterocycles. The number of carbonyl (C=O) groups is 1. The van der Waals surface area contributed by atoms with Crippen LogP contribution in [-0.2, 0) is 17.0 Å². The third-order valence-corrected chi connectivity index (χ3v) is 7.88. The number of thioether (sulfide) groups is 1. The smallest absolute Gasteiger partial charge is 0.226 e. The molecule has 0 atom stereocenters. The Kier molecular flexibility index (Phi) is 6.13. The molecule has 0 saturated carbocycles. The van der Waals surface area contributed by atoms with Crippen molar-refractivity contribution in [2.75, 3.05) is 5.32 Å². The number of nitrogens with one attached hydrogen (secondary N) is 1. The zero-order valence-electron chi connectivity index (χ0n) is 14.3. The minimum atomic E-state index is -0.0259. The molecule has 3 heterocycles. The summed E-state index contributed by atoms with van der Waals surface area (Å²) in [6.45, 7) is 0. The van der Waals surface area contributed by atoms with E-state index in [1.807, 2.05) is 24.3 Å². The predicted octanol–water partition coefficient (Wildman–Crippen LogP) is 5.46. The van der Waals surface area contributed by atoms with Gasteiger partial charge in [0.1, 0.15) is 0 Å². The van der Waals surface area contributed by atoms with Gasteiger partial charge >= 0.3 is 0 Å². The topological polar surface area (TPSA) is 67.8 Å². The molecular formula is C18H16N4OS4. The van der Waals surface area contributed by atoms with Gasteiger partial charge in [0.2, 0.25) is 11.0 Å². The lowest BCUT2D eigenvalue weighted by molar-refractivity contribution is -0.116. The predicted molar refractivity (Wildman–Crippen MR) is 115 cm³/mol. The summed E-state index contributed by atoms with van der Waals surface area (Å²) in [5.74, 6) is 0.852. The van der Waals surface area contributed by atoms with E-state index in [4.69, 9.17) is 0 Å². The third kappa shape index (κ3) is 5.13. The Hall–Kier alpha value is -1.81. The largest absolute Gasteiger partial charge is 0.301 e. The first-order chi connectivity index (χ1) is 13.3. The van der Waals surface area contributed by atoms with E-state index < -0.39 is 0 Å². The molecule has 0 spiro atoms. The maximum Gasteiger partial charge on any atom is 0.226 e. The maximum absolute atomic E-state index is 12.1. The highest BCUT2D eigenvalue weighted by Gasteiger charge is 2.10. The standard InChI is InChI=1S/C18H16N4OS4/c23-15(8-3-9-16-19-13-6-1-2-7-14(13)26-16)20-17-21-22-18(27-17)25-11-12-5-4-10-24-12/h1-2,4-7,10H,3,8-9,11H2,(H,20,21,23). The molecule has 9 heteroatoms. The number of thiazole rings is 1. The van der Waals surface area contributed by atoms with Crippen LogP contribution in [0.2, 0.25) is 0 Å². The first-order valence-corrected chi connectivity index (χ1v) is 11.9. The number of fused-ring (bicyclic) bond motifs is 1. The molecule has 0 bridgehead atoms. The van der Waals surface area contributed by atoms with Crippen molar-refractivity contribution in [3.8, 4) is 0 Å². The molecule has 4 aromatic rings. The molecule has 5 nitrogen and oxygen atoms in total. The third-order valence-electron chi connectivity index (χ3n) is 3.70. The first kappa shape index (κ1) is 18.5. The molecule has 1 N–H and O–H groups in total. The Labute approximate surface area is 172 Å². The van der Waals surface area contributed by atoms with Gasteiger partial charge in [-0.2, -0.15) is 0 Å². The fourth-order valence-corrected chi connectivity index (χ4v) is 6.01. The number of rotatable bonds is 8. The summed E-state index contributed by atoms with van der Waals surface area (Å²) in [5, 5.41) is 14.7. The fraction of sp³-hybridized carbons (Fsp3) is 0.222. The SMILES string of the molecule is O=C(CCCc1nc2ccccc2s1)Nc1nnc(SCc2cccs2)s1. The van der Waals surface area contributed by atoms with E-state index >= 15 is 0 Å². The molecule has 138 valence electrons. The van der Waals surface area contributed by atoms with Crippen molar-refractivity contribution in [3.63, 3.8) is 0 Å². The molecule has 0 unspecified atom stereocenters. The Morgan fingerprint density at radius 3 is 2.89 bits per heavy atom. The Balaban J connectivity index is 1.22. The highest BCUT2D eigenvalue weighted by molar-refractivity contribution is 8.00. The second-order valence-corrected chi connectivity index (χ2v) is 10.1. The number of benzene rings is 1. The molecule has 0 radical (unpaired) electrons. The van der Waals surface area contributed by atoms with Gasteiger partial charge in [0.25, 0.3) is 0 Å². The van der Waals surface area contributed by atoms with Crippen molar-refractivity contribution in [3.05, 3.63) is 51.7 Å². The number of nitrogens with zero attached hydrogens (tertiary/aromatic N) is 3. The van der Waals surface area contributed by atoms with E-state index in [2.05, 4.69) is 38.0 Å². The molecule has 1 amide bonds. The molecule has 27 heavy (non-hydrogen) atoms. The number of carbonyl (C=O) groups excluding carboxylic acids is 1. The normalized spacial score (nSPS) is 11.1. The van der Waals surface area contributed by atoms with Crippen molar-refractivity contribution in [2.24, 2.45) is 0 Å². The van der Waals surface area contributed by atoms with Crippen molar-refractivity contribution in [1.82, 2.24) is 15.2 Å². The van der Waals surface area contributed by atoms with Gasteiger partial charge in [0, 0.05) is 17.1 Å². The van der Waals surface area contributed by atoms with Gasteiger partial charge in [-0.05, 0) is 36.4 Å². The Morgan fingerprint density at radius 1 is 1.11 bits per heavy atom. The van der Waals surface area contributed by atoms with Crippen LogP contribution in [-0.4, -0.2) is 21.1 Å². The summed E-state index contributed by atoms with van der Waals surface area (Å²) in [6.07, 6.45) is 2.03. The summed E-state index contributed by atoms with van der Waals surface area (Å²) < 4.78 is 2.06. The number of aromatic nitrogens is 3. The van der Waals surface area contributed by atoms with E-state index in [1.54, 1.807) is 34.4 Å². The quantitative estimate of drug-likeness (QED) is 0.296. The van der Waals surface area contributed by atoms with Crippen LogP contribution in [0.15, 0.2) is 46.1 Å². The van der Waals surface area contributed by atoms with E-state index in [0.29, 0.717) is 11.6 Å². The lowest BCUT2D eigenvalue weighted by atomic mass is 10.2. The van der Waals surface area contributed by atoms with Crippen molar-refractivity contribution < 1.29 is 4.79 Å². The van der Waals surface area contributed by atoms with E-state index in [1.165, 1.54) is 20.9 Å². The van der Waals surface area contributed by atoms with Gasteiger partial charge in [0.05, 0.1) is 15.2 Å². The minimum Gasteiger partial charge on any atom is -0.301 e. The number of hydrogen-bond acceptors (Lipinski definition) is 8. The van der Waals surface area contributed by atoms with Crippen LogP contribution in [0.1, 0.15) is 22.7 Å². The molecule has 0 aliphatic carbocycles. The van der Waals surface area contributed by atoms with E-state index in [0.717, 1.165) is 33.5 Å².